The molecule has 0 aliphatic heterocycles. The Hall–Kier alpha value is -2.49. The molecule has 33 heavy (non-hydrogen) atoms. The summed E-state index contributed by atoms with van der Waals surface area (Å²) in [4.78, 5) is 38.7. The van der Waals surface area contributed by atoms with Crippen LogP contribution < -0.4 is 10.5 Å². The fourth-order valence-electron chi connectivity index (χ4n) is 3.69. The molecule has 1 aromatic carbocycles. The van der Waals surface area contributed by atoms with E-state index in [0.717, 1.165) is 43.2 Å². The van der Waals surface area contributed by atoms with Crippen molar-refractivity contribution in [2.75, 3.05) is 4.90 Å². The first-order valence-corrected chi connectivity index (χ1v) is 13.4. The zero-order chi connectivity index (χ0) is 23.9. The SMILES string of the molecule is CCn1c(SCc2csc(N(C(C)=O)c3cccc(C)c3C)n2)nc2sc(C)c(C)c2c1=O. The number of fused-ring (bicyclic) bond motifs is 1. The molecule has 4 rings (SSSR count). The lowest BCUT2D eigenvalue weighted by atomic mass is 10.1. The second-order valence-electron chi connectivity index (χ2n) is 7.89. The van der Waals surface area contributed by atoms with E-state index in [1.165, 1.54) is 23.1 Å². The summed E-state index contributed by atoms with van der Waals surface area (Å²) in [5.74, 6) is 0.490. The summed E-state index contributed by atoms with van der Waals surface area (Å²) < 4.78 is 1.73. The van der Waals surface area contributed by atoms with Crippen LogP contribution >= 0.6 is 34.4 Å². The number of hydrogen-bond acceptors (Lipinski definition) is 7. The summed E-state index contributed by atoms with van der Waals surface area (Å²) in [5.41, 5.74) is 4.93. The third kappa shape index (κ3) is 4.37. The van der Waals surface area contributed by atoms with Gasteiger partial charge in [0.2, 0.25) is 5.91 Å². The highest BCUT2D eigenvalue weighted by Crippen LogP contribution is 2.34. The number of carbonyl (C=O) groups excluding carboxylic acids is 1. The minimum atomic E-state index is -0.0763. The lowest BCUT2D eigenvalue weighted by Gasteiger charge is -2.21. The van der Waals surface area contributed by atoms with Gasteiger partial charge >= 0.3 is 0 Å². The predicted octanol–water partition coefficient (Wildman–Crippen LogP) is 6.14. The molecule has 172 valence electrons. The molecule has 0 unspecified atom stereocenters. The summed E-state index contributed by atoms with van der Waals surface area (Å²) in [7, 11) is 0. The topological polar surface area (TPSA) is 68.1 Å². The van der Waals surface area contributed by atoms with E-state index >= 15 is 0 Å². The molecule has 0 aliphatic carbocycles. The third-order valence-corrected chi connectivity index (χ3v) is 8.77. The first-order chi connectivity index (χ1) is 15.7. The van der Waals surface area contributed by atoms with Gasteiger partial charge in [-0.2, -0.15) is 0 Å². The molecule has 0 fully saturated rings. The van der Waals surface area contributed by atoms with Gasteiger partial charge in [-0.05, 0) is 57.4 Å². The summed E-state index contributed by atoms with van der Waals surface area (Å²) in [6, 6.07) is 5.94. The molecular formula is C24H26N4O2S3. The molecule has 0 aliphatic rings. The molecule has 1 amide bonds. The maximum atomic E-state index is 13.1. The van der Waals surface area contributed by atoms with E-state index in [1.807, 2.05) is 58.2 Å². The lowest BCUT2D eigenvalue weighted by Crippen LogP contribution is -2.23. The molecule has 3 aromatic heterocycles. The van der Waals surface area contributed by atoms with Crippen LogP contribution in [-0.2, 0) is 17.1 Å². The van der Waals surface area contributed by atoms with Crippen molar-refractivity contribution < 1.29 is 4.79 Å². The summed E-state index contributed by atoms with van der Waals surface area (Å²) in [5, 5.41) is 4.04. The second kappa shape index (κ2) is 9.40. The maximum absolute atomic E-state index is 13.1. The van der Waals surface area contributed by atoms with Crippen LogP contribution in [0.25, 0.3) is 10.2 Å². The standard InChI is InChI=1S/C24H26N4O2S3/c1-7-27-22(30)20-15(4)16(5)33-21(20)26-23(27)31-11-18-12-32-24(25-18)28(17(6)29)19-10-8-9-13(2)14(19)3/h8-10,12H,7,11H2,1-6H3. The first kappa shape index (κ1) is 23.7. The van der Waals surface area contributed by atoms with Crippen LogP contribution in [0.2, 0.25) is 0 Å². The Morgan fingerprint density at radius 1 is 1.15 bits per heavy atom. The van der Waals surface area contributed by atoms with Crippen LogP contribution in [0, 0.1) is 27.7 Å². The zero-order valence-electron chi connectivity index (χ0n) is 19.6. The third-order valence-electron chi connectivity index (χ3n) is 5.78. The molecule has 0 saturated carbocycles. The Kier molecular flexibility index (Phi) is 6.74. The van der Waals surface area contributed by atoms with E-state index < -0.39 is 0 Å². The Bertz CT molecular complexity index is 1420. The zero-order valence-corrected chi connectivity index (χ0v) is 22.0. The van der Waals surface area contributed by atoms with Gasteiger partial charge in [0.1, 0.15) is 4.83 Å². The number of carbonyl (C=O) groups is 1. The molecule has 6 nitrogen and oxygen atoms in total. The van der Waals surface area contributed by atoms with E-state index in [0.29, 0.717) is 22.6 Å². The van der Waals surface area contributed by atoms with Crippen LogP contribution in [0.5, 0.6) is 0 Å². The molecule has 0 bridgehead atoms. The fourth-order valence-corrected chi connectivity index (χ4v) is 6.70. The Morgan fingerprint density at radius 2 is 1.91 bits per heavy atom. The van der Waals surface area contributed by atoms with Gasteiger partial charge in [-0.1, -0.05) is 23.9 Å². The monoisotopic (exact) mass is 498 g/mol. The van der Waals surface area contributed by atoms with Crippen molar-refractivity contribution in [1.82, 2.24) is 14.5 Å². The molecule has 9 heteroatoms. The molecule has 0 saturated heterocycles. The summed E-state index contributed by atoms with van der Waals surface area (Å²) in [6.45, 7) is 12.1. The van der Waals surface area contributed by atoms with Crippen LogP contribution in [0.15, 0.2) is 33.5 Å². The lowest BCUT2D eigenvalue weighted by molar-refractivity contribution is -0.115. The molecule has 3 heterocycles. The predicted molar refractivity (Wildman–Crippen MR) is 139 cm³/mol. The Labute approximate surface area is 205 Å². The van der Waals surface area contributed by atoms with Crippen molar-refractivity contribution in [3.63, 3.8) is 0 Å². The van der Waals surface area contributed by atoms with Gasteiger partial charge in [0.15, 0.2) is 10.3 Å². The Balaban J connectivity index is 1.63. The largest absolute Gasteiger partial charge is 0.287 e. The molecule has 4 aromatic rings. The average molecular weight is 499 g/mol. The van der Waals surface area contributed by atoms with Gasteiger partial charge < -0.3 is 0 Å². The number of thiazole rings is 1. The first-order valence-electron chi connectivity index (χ1n) is 10.7. The quantitative estimate of drug-likeness (QED) is 0.236. The second-order valence-corrected chi connectivity index (χ2v) is 10.9. The number of amides is 1. The number of anilines is 2. The number of thiophene rings is 1. The number of benzene rings is 1. The van der Waals surface area contributed by atoms with Gasteiger partial charge in [-0.15, -0.1) is 22.7 Å². The van der Waals surface area contributed by atoms with E-state index in [-0.39, 0.29) is 11.5 Å². The van der Waals surface area contributed by atoms with Crippen molar-refractivity contribution >= 4 is 61.4 Å². The van der Waals surface area contributed by atoms with Crippen LogP contribution in [-0.4, -0.2) is 20.4 Å². The maximum Gasteiger partial charge on any atom is 0.263 e. The minimum Gasteiger partial charge on any atom is -0.287 e. The molecule has 0 radical (unpaired) electrons. The van der Waals surface area contributed by atoms with Gasteiger partial charge in [0, 0.05) is 29.5 Å². The van der Waals surface area contributed by atoms with Gasteiger partial charge in [-0.25, -0.2) is 9.97 Å². The summed E-state index contributed by atoms with van der Waals surface area (Å²) in [6.07, 6.45) is 0. The van der Waals surface area contributed by atoms with E-state index in [9.17, 15) is 9.59 Å². The van der Waals surface area contributed by atoms with E-state index in [1.54, 1.807) is 27.7 Å². The smallest absolute Gasteiger partial charge is 0.263 e. The number of aromatic nitrogens is 3. The number of nitrogens with zero attached hydrogens (tertiary/aromatic N) is 4. The van der Waals surface area contributed by atoms with Crippen molar-refractivity contribution in [2.45, 2.75) is 59.0 Å². The van der Waals surface area contributed by atoms with Crippen molar-refractivity contribution in [3.05, 3.63) is 61.2 Å². The highest BCUT2D eigenvalue weighted by atomic mass is 32.2. The average Bonchev–Trinajstić information content (AvgIpc) is 3.34. The number of thioether (sulfide) groups is 1. The molecule has 0 atom stereocenters. The number of rotatable bonds is 6. The van der Waals surface area contributed by atoms with Crippen LogP contribution in [0.3, 0.4) is 0 Å². The number of aryl methyl sites for hydroxylation is 3. The highest BCUT2D eigenvalue weighted by molar-refractivity contribution is 7.98. The van der Waals surface area contributed by atoms with Crippen molar-refractivity contribution in [3.8, 4) is 0 Å². The van der Waals surface area contributed by atoms with Crippen molar-refractivity contribution in [1.29, 1.82) is 0 Å². The minimum absolute atomic E-state index is 0.0171. The van der Waals surface area contributed by atoms with E-state index in [2.05, 4.69) is 0 Å². The summed E-state index contributed by atoms with van der Waals surface area (Å²) >= 11 is 4.51. The molecule has 0 spiro atoms. The van der Waals surface area contributed by atoms with Crippen LogP contribution in [0.4, 0.5) is 10.8 Å². The molecule has 0 N–H and O–H groups in total. The van der Waals surface area contributed by atoms with Gasteiger partial charge in [-0.3, -0.25) is 19.1 Å². The number of hydrogen-bond donors (Lipinski definition) is 0. The molecular weight excluding hydrogens is 472 g/mol. The van der Waals surface area contributed by atoms with Gasteiger partial charge in [0.05, 0.1) is 16.8 Å². The van der Waals surface area contributed by atoms with Gasteiger partial charge in [0.25, 0.3) is 5.56 Å². The fraction of sp³-hybridized carbons (Fsp3) is 0.333. The van der Waals surface area contributed by atoms with Crippen molar-refractivity contribution in [2.24, 2.45) is 0 Å². The Morgan fingerprint density at radius 3 is 2.61 bits per heavy atom. The van der Waals surface area contributed by atoms with Crippen LogP contribution in [0.1, 0.15) is 41.1 Å². The normalized spacial score (nSPS) is 11.3. The highest BCUT2D eigenvalue weighted by Gasteiger charge is 2.21. The van der Waals surface area contributed by atoms with E-state index in [4.69, 9.17) is 9.97 Å².